The summed E-state index contributed by atoms with van der Waals surface area (Å²) in [6, 6.07) is 14.9. The molecule has 0 saturated carbocycles. The number of anilines is 1. The largest absolute Gasteiger partial charge is 0.348 e. The molecule has 0 atom stereocenters. The number of carbonyl (C=O) groups is 2. The second kappa shape index (κ2) is 10.6. The average molecular weight is 436 g/mol. The highest BCUT2D eigenvalue weighted by Crippen LogP contribution is 2.19. The molecule has 0 aliphatic rings. The molecule has 1 heterocycles. The van der Waals surface area contributed by atoms with Crippen molar-refractivity contribution in [2.24, 2.45) is 0 Å². The highest BCUT2D eigenvalue weighted by molar-refractivity contribution is 7.99. The van der Waals surface area contributed by atoms with Crippen molar-refractivity contribution in [3.05, 3.63) is 83.7 Å². The van der Waals surface area contributed by atoms with E-state index in [4.69, 9.17) is 0 Å². The molecule has 2 aromatic carbocycles. The van der Waals surface area contributed by atoms with E-state index < -0.39 is 0 Å². The lowest BCUT2D eigenvalue weighted by Crippen LogP contribution is -2.25. The van der Waals surface area contributed by atoms with Gasteiger partial charge >= 0.3 is 0 Å². The molecule has 160 valence electrons. The van der Waals surface area contributed by atoms with Crippen LogP contribution in [0.2, 0.25) is 0 Å². The second-order valence-electron chi connectivity index (χ2n) is 6.98. The molecule has 0 fully saturated rings. The zero-order valence-electron chi connectivity index (χ0n) is 17.6. The van der Waals surface area contributed by atoms with Gasteiger partial charge in [-0.15, -0.1) is 16.8 Å². The minimum atomic E-state index is -0.245. The highest BCUT2D eigenvalue weighted by atomic mass is 32.2. The molecule has 0 spiro atoms. The molecule has 3 aromatic rings. The van der Waals surface area contributed by atoms with Crippen LogP contribution in [0.15, 0.2) is 66.3 Å². The average Bonchev–Trinajstić information content (AvgIpc) is 3.12. The van der Waals surface area contributed by atoms with Crippen LogP contribution in [0.25, 0.3) is 0 Å². The molecule has 0 saturated heterocycles. The van der Waals surface area contributed by atoms with Gasteiger partial charge in [-0.2, -0.15) is 0 Å². The van der Waals surface area contributed by atoms with Crippen LogP contribution in [0.5, 0.6) is 0 Å². The van der Waals surface area contributed by atoms with Gasteiger partial charge in [-0.1, -0.05) is 59.8 Å². The Hall–Kier alpha value is -3.39. The van der Waals surface area contributed by atoms with E-state index in [-0.39, 0.29) is 17.6 Å². The van der Waals surface area contributed by atoms with Gasteiger partial charge in [0.25, 0.3) is 5.91 Å². The van der Waals surface area contributed by atoms with Crippen LogP contribution in [0.4, 0.5) is 5.69 Å². The quantitative estimate of drug-likeness (QED) is 0.395. The smallest absolute Gasteiger partial charge is 0.253 e. The van der Waals surface area contributed by atoms with Crippen LogP contribution in [0, 0.1) is 13.8 Å². The lowest BCUT2D eigenvalue weighted by atomic mass is 10.1. The third-order valence-corrected chi connectivity index (χ3v) is 5.53. The number of amides is 2. The third kappa shape index (κ3) is 6.05. The fraction of sp³-hybridized carbons (Fsp3) is 0.217. The van der Waals surface area contributed by atoms with Gasteiger partial charge in [0, 0.05) is 13.1 Å². The standard InChI is InChI=1S/C23H25N5O2S/c1-4-13-28-17(3)26-27-23(28)31-15-21(29)25-20-8-6-5-7-19(20)22(30)24-14-18-11-9-16(2)10-12-18/h4-12H,1,13-15H2,2-3H3,(H,24,30)(H,25,29). The lowest BCUT2D eigenvalue weighted by Gasteiger charge is -2.12. The van der Waals surface area contributed by atoms with Gasteiger partial charge in [-0.25, -0.2) is 0 Å². The Morgan fingerprint density at radius 2 is 1.84 bits per heavy atom. The van der Waals surface area contributed by atoms with E-state index in [1.54, 1.807) is 30.3 Å². The number of carbonyl (C=O) groups excluding carboxylic acids is 2. The van der Waals surface area contributed by atoms with E-state index >= 15 is 0 Å². The number of thioether (sulfide) groups is 1. The monoisotopic (exact) mass is 435 g/mol. The van der Waals surface area contributed by atoms with Crippen molar-refractivity contribution in [2.75, 3.05) is 11.1 Å². The van der Waals surface area contributed by atoms with Gasteiger partial charge < -0.3 is 15.2 Å². The maximum Gasteiger partial charge on any atom is 0.253 e. The van der Waals surface area contributed by atoms with Gasteiger partial charge in [0.05, 0.1) is 17.0 Å². The van der Waals surface area contributed by atoms with Crippen LogP contribution in [0.3, 0.4) is 0 Å². The molecule has 0 aliphatic heterocycles. The molecule has 1 aromatic heterocycles. The molecule has 7 nitrogen and oxygen atoms in total. The number of nitrogens with one attached hydrogen (secondary N) is 2. The minimum Gasteiger partial charge on any atom is -0.348 e. The normalized spacial score (nSPS) is 10.5. The molecule has 0 radical (unpaired) electrons. The Morgan fingerprint density at radius 1 is 1.10 bits per heavy atom. The third-order valence-electron chi connectivity index (χ3n) is 4.57. The summed E-state index contributed by atoms with van der Waals surface area (Å²) in [6.07, 6.45) is 1.76. The number of aromatic nitrogens is 3. The van der Waals surface area contributed by atoms with E-state index in [0.29, 0.717) is 29.5 Å². The van der Waals surface area contributed by atoms with Crippen molar-refractivity contribution in [2.45, 2.75) is 32.1 Å². The van der Waals surface area contributed by atoms with Crippen molar-refractivity contribution >= 4 is 29.3 Å². The molecule has 0 aliphatic carbocycles. The number of rotatable bonds is 9. The first-order chi connectivity index (χ1) is 15.0. The molecule has 0 unspecified atom stereocenters. The molecular formula is C23H25N5O2S. The van der Waals surface area contributed by atoms with Gasteiger partial charge in [-0.3, -0.25) is 9.59 Å². The van der Waals surface area contributed by atoms with Crippen molar-refractivity contribution in [1.82, 2.24) is 20.1 Å². The van der Waals surface area contributed by atoms with Crippen molar-refractivity contribution in [3.63, 3.8) is 0 Å². The first kappa shape index (κ1) is 22.3. The summed E-state index contributed by atoms with van der Waals surface area (Å²) in [5.41, 5.74) is 3.06. The molecular weight excluding hydrogens is 410 g/mol. The van der Waals surface area contributed by atoms with Gasteiger partial charge in [0.15, 0.2) is 5.16 Å². The van der Waals surface area contributed by atoms with Gasteiger partial charge in [0.1, 0.15) is 5.82 Å². The Bertz CT molecular complexity index is 1080. The molecule has 2 amide bonds. The maximum absolute atomic E-state index is 12.7. The predicted molar refractivity (Wildman–Crippen MR) is 123 cm³/mol. The molecule has 2 N–H and O–H groups in total. The zero-order valence-corrected chi connectivity index (χ0v) is 18.4. The summed E-state index contributed by atoms with van der Waals surface area (Å²) in [7, 11) is 0. The number of allylic oxidation sites excluding steroid dienone is 1. The number of hydrogen-bond acceptors (Lipinski definition) is 5. The number of nitrogens with zero attached hydrogens (tertiary/aromatic N) is 3. The van der Waals surface area contributed by atoms with E-state index in [1.165, 1.54) is 17.3 Å². The topological polar surface area (TPSA) is 88.9 Å². The fourth-order valence-electron chi connectivity index (χ4n) is 2.90. The van der Waals surface area contributed by atoms with Gasteiger partial charge in [-0.05, 0) is 31.5 Å². The predicted octanol–water partition coefficient (Wildman–Crippen LogP) is 3.74. The number of para-hydroxylation sites is 1. The zero-order chi connectivity index (χ0) is 22.2. The molecule has 8 heteroatoms. The van der Waals surface area contributed by atoms with E-state index in [0.717, 1.165) is 11.4 Å². The van der Waals surface area contributed by atoms with Crippen molar-refractivity contribution < 1.29 is 9.59 Å². The van der Waals surface area contributed by atoms with Crippen molar-refractivity contribution in [1.29, 1.82) is 0 Å². The number of hydrogen-bond donors (Lipinski definition) is 2. The Balaban J connectivity index is 1.60. The van der Waals surface area contributed by atoms with Crippen LogP contribution in [-0.4, -0.2) is 32.3 Å². The number of aryl methyl sites for hydroxylation is 2. The van der Waals surface area contributed by atoms with Crippen molar-refractivity contribution in [3.8, 4) is 0 Å². The fourth-order valence-corrected chi connectivity index (χ4v) is 3.69. The molecule has 0 bridgehead atoms. The summed E-state index contributed by atoms with van der Waals surface area (Å²) in [6.45, 7) is 8.59. The number of benzene rings is 2. The summed E-state index contributed by atoms with van der Waals surface area (Å²) < 4.78 is 1.89. The van der Waals surface area contributed by atoms with E-state index in [2.05, 4.69) is 27.4 Å². The van der Waals surface area contributed by atoms with Gasteiger partial charge in [0.2, 0.25) is 5.91 Å². The lowest BCUT2D eigenvalue weighted by molar-refractivity contribution is -0.113. The summed E-state index contributed by atoms with van der Waals surface area (Å²) in [4.78, 5) is 25.2. The van der Waals surface area contributed by atoms with E-state index in [1.807, 2.05) is 42.7 Å². The van der Waals surface area contributed by atoms with Crippen LogP contribution < -0.4 is 10.6 Å². The second-order valence-corrected chi connectivity index (χ2v) is 7.92. The van der Waals surface area contributed by atoms with Crippen LogP contribution in [0.1, 0.15) is 27.3 Å². The Labute approximate surface area is 186 Å². The Morgan fingerprint density at radius 3 is 2.58 bits per heavy atom. The van der Waals surface area contributed by atoms with Crippen LogP contribution >= 0.6 is 11.8 Å². The van der Waals surface area contributed by atoms with E-state index in [9.17, 15) is 9.59 Å². The SMILES string of the molecule is C=CCn1c(C)nnc1SCC(=O)Nc1ccccc1C(=O)NCc1ccc(C)cc1. The molecule has 31 heavy (non-hydrogen) atoms. The maximum atomic E-state index is 12.7. The summed E-state index contributed by atoms with van der Waals surface area (Å²) in [5, 5.41) is 14.5. The van der Waals surface area contributed by atoms with Crippen LogP contribution in [-0.2, 0) is 17.9 Å². The summed E-state index contributed by atoms with van der Waals surface area (Å²) >= 11 is 1.29. The minimum absolute atomic E-state index is 0.147. The first-order valence-corrected chi connectivity index (χ1v) is 10.8. The highest BCUT2D eigenvalue weighted by Gasteiger charge is 2.15. The molecule has 3 rings (SSSR count). The summed E-state index contributed by atoms with van der Waals surface area (Å²) in [5.74, 6) is 0.438. The Kier molecular flexibility index (Phi) is 7.61. The first-order valence-electron chi connectivity index (χ1n) is 9.84.